The van der Waals surface area contributed by atoms with Crippen molar-refractivity contribution in [1.82, 2.24) is 0 Å². The monoisotopic (exact) mass is 236 g/mol. The SMILES string of the molecule is NC(/C=C\N=Cc1ccccc1)c1ccccc1. The van der Waals surface area contributed by atoms with E-state index in [-0.39, 0.29) is 6.04 Å². The van der Waals surface area contributed by atoms with Gasteiger partial charge in [0.25, 0.3) is 0 Å². The molecule has 0 spiro atoms. The van der Waals surface area contributed by atoms with E-state index < -0.39 is 0 Å². The Kier molecular flexibility index (Phi) is 4.45. The van der Waals surface area contributed by atoms with E-state index in [0.717, 1.165) is 11.1 Å². The van der Waals surface area contributed by atoms with E-state index in [1.54, 1.807) is 6.20 Å². The Balaban J connectivity index is 1.94. The molecule has 0 bridgehead atoms. The van der Waals surface area contributed by atoms with Crippen LogP contribution in [0.1, 0.15) is 17.2 Å². The van der Waals surface area contributed by atoms with Gasteiger partial charge >= 0.3 is 0 Å². The standard InChI is InChI=1S/C16H16N2/c17-16(15-9-5-2-6-10-15)11-12-18-13-14-7-3-1-4-8-14/h1-13,16H,17H2/b12-11-,18-13?. The van der Waals surface area contributed by atoms with Gasteiger partial charge in [0, 0.05) is 18.5 Å². The van der Waals surface area contributed by atoms with Crippen molar-refractivity contribution in [2.24, 2.45) is 10.7 Å². The van der Waals surface area contributed by atoms with Gasteiger partial charge < -0.3 is 5.73 Å². The van der Waals surface area contributed by atoms with Crippen LogP contribution in [0, 0.1) is 0 Å². The lowest BCUT2D eigenvalue weighted by molar-refractivity contribution is 0.908. The van der Waals surface area contributed by atoms with Crippen molar-refractivity contribution in [3.8, 4) is 0 Å². The van der Waals surface area contributed by atoms with Gasteiger partial charge in [-0.25, -0.2) is 0 Å². The average Bonchev–Trinajstić information content (AvgIpc) is 2.45. The van der Waals surface area contributed by atoms with Crippen LogP contribution in [-0.2, 0) is 0 Å². The topological polar surface area (TPSA) is 38.4 Å². The summed E-state index contributed by atoms with van der Waals surface area (Å²) in [5.74, 6) is 0. The van der Waals surface area contributed by atoms with Crippen LogP contribution < -0.4 is 5.73 Å². The molecular formula is C16H16N2. The third-order valence-corrected chi connectivity index (χ3v) is 2.59. The van der Waals surface area contributed by atoms with E-state index in [2.05, 4.69) is 4.99 Å². The molecule has 0 aromatic heterocycles. The summed E-state index contributed by atoms with van der Waals surface area (Å²) in [7, 11) is 0. The van der Waals surface area contributed by atoms with Crippen molar-refractivity contribution in [3.63, 3.8) is 0 Å². The molecule has 0 heterocycles. The number of hydrogen-bond donors (Lipinski definition) is 1. The molecule has 2 N–H and O–H groups in total. The van der Waals surface area contributed by atoms with Crippen molar-refractivity contribution >= 4 is 6.21 Å². The maximum atomic E-state index is 6.01. The van der Waals surface area contributed by atoms with E-state index in [9.17, 15) is 0 Å². The second-order valence-electron chi connectivity index (χ2n) is 3.97. The highest BCUT2D eigenvalue weighted by atomic mass is 14.7. The minimum absolute atomic E-state index is 0.112. The predicted molar refractivity (Wildman–Crippen MR) is 76.5 cm³/mol. The number of hydrogen-bond acceptors (Lipinski definition) is 2. The Morgan fingerprint density at radius 3 is 2.17 bits per heavy atom. The molecule has 2 nitrogen and oxygen atoms in total. The van der Waals surface area contributed by atoms with Crippen LogP contribution in [0.5, 0.6) is 0 Å². The van der Waals surface area contributed by atoms with Crippen LogP contribution in [0.15, 0.2) is 77.9 Å². The Morgan fingerprint density at radius 2 is 1.50 bits per heavy atom. The molecule has 1 unspecified atom stereocenters. The van der Waals surface area contributed by atoms with Gasteiger partial charge in [0.1, 0.15) is 0 Å². The highest BCUT2D eigenvalue weighted by Crippen LogP contribution is 2.10. The zero-order valence-electron chi connectivity index (χ0n) is 10.1. The van der Waals surface area contributed by atoms with Crippen LogP contribution in [0.4, 0.5) is 0 Å². The molecular weight excluding hydrogens is 220 g/mol. The lowest BCUT2D eigenvalue weighted by Gasteiger charge is -2.04. The Bertz CT molecular complexity index is 515. The normalized spacial score (nSPS) is 13.2. The largest absolute Gasteiger partial charge is 0.321 e. The van der Waals surface area contributed by atoms with Gasteiger partial charge in [-0.15, -0.1) is 0 Å². The van der Waals surface area contributed by atoms with E-state index >= 15 is 0 Å². The van der Waals surface area contributed by atoms with Crippen LogP contribution >= 0.6 is 0 Å². The fourth-order valence-corrected chi connectivity index (χ4v) is 1.60. The highest BCUT2D eigenvalue weighted by molar-refractivity contribution is 5.79. The minimum atomic E-state index is -0.112. The van der Waals surface area contributed by atoms with Gasteiger partial charge in [-0.2, -0.15) is 0 Å². The average molecular weight is 236 g/mol. The summed E-state index contributed by atoms with van der Waals surface area (Å²) in [6.07, 6.45) is 5.44. The maximum absolute atomic E-state index is 6.01. The lowest BCUT2D eigenvalue weighted by Crippen LogP contribution is -2.06. The molecule has 0 saturated heterocycles. The third-order valence-electron chi connectivity index (χ3n) is 2.59. The summed E-state index contributed by atoms with van der Waals surface area (Å²) >= 11 is 0. The van der Waals surface area contributed by atoms with E-state index in [1.165, 1.54) is 0 Å². The quantitative estimate of drug-likeness (QED) is 0.812. The van der Waals surface area contributed by atoms with E-state index in [0.29, 0.717) is 0 Å². The fourth-order valence-electron chi connectivity index (χ4n) is 1.60. The van der Waals surface area contributed by atoms with Gasteiger partial charge in [-0.3, -0.25) is 4.99 Å². The van der Waals surface area contributed by atoms with Crippen molar-refractivity contribution < 1.29 is 0 Å². The van der Waals surface area contributed by atoms with Crippen molar-refractivity contribution in [1.29, 1.82) is 0 Å². The summed E-state index contributed by atoms with van der Waals surface area (Å²) < 4.78 is 0. The molecule has 0 saturated carbocycles. The zero-order valence-corrected chi connectivity index (χ0v) is 10.1. The smallest absolute Gasteiger partial charge is 0.0498 e. The second kappa shape index (κ2) is 6.52. The molecule has 0 amide bonds. The zero-order chi connectivity index (χ0) is 12.6. The first-order valence-electron chi connectivity index (χ1n) is 5.92. The first kappa shape index (κ1) is 12.3. The molecule has 18 heavy (non-hydrogen) atoms. The maximum Gasteiger partial charge on any atom is 0.0498 e. The molecule has 2 rings (SSSR count). The number of nitrogens with two attached hydrogens (primary N) is 1. The molecule has 0 radical (unpaired) electrons. The molecule has 0 fully saturated rings. The summed E-state index contributed by atoms with van der Waals surface area (Å²) in [4.78, 5) is 4.22. The van der Waals surface area contributed by atoms with Crippen LogP contribution in [0.3, 0.4) is 0 Å². The molecule has 0 aliphatic heterocycles. The van der Waals surface area contributed by atoms with Gasteiger partial charge in [0.15, 0.2) is 0 Å². The van der Waals surface area contributed by atoms with Gasteiger partial charge in [0.2, 0.25) is 0 Å². The summed E-state index contributed by atoms with van der Waals surface area (Å²) in [6, 6.07) is 19.8. The molecule has 0 aliphatic carbocycles. The van der Waals surface area contributed by atoms with Gasteiger partial charge in [-0.1, -0.05) is 60.7 Å². The Morgan fingerprint density at radius 1 is 0.889 bits per heavy atom. The van der Waals surface area contributed by atoms with Gasteiger partial charge in [0.05, 0.1) is 0 Å². The van der Waals surface area contributed by atoms with Gasteiger partial charge in [-0.05, 0) is 17.2 Å². The first-order valence-corrected chi connectivity index (χ1v) is 5.92. The van der Waals surface area contributed by atoms with E-state index in [1.807, 2.05) is 73.0 Å². The Labute approximate surface area is 107 Å². The van der Waals surface area contributed by atoms with Crippen LogP contribution in [-0.4, -0.2) is 6.21 Å². The predicted octanol–water partition coefficient (Wildman–Crippen LogP) is 3.32. The van der Waals surface area contributed by atoms with E-state index in [4.69, 9.17) is 5.73 Å². The summed E-state index contributed by atoms with van der Waals surface area (Å²) in [5, 5.41) is 0. The molecule has 90 valence electrons. The Hall–Kier alpha value is -2.19. The second-order valence-corrected chi connectivity index (χ2v) is 3.97. The number of rotatable bonds is 4. The van der Waals surface area contributed by atoms with Crippen LogP contribution in [0.25, 0.3) is 0 Å². The van der Waals surface area contributed by atoms with Crippen molar-refractivity contribution in [2.45, 2.75) is 6.04 Å². The molecule has 2 aromatic rings. The molecule has 2 aromatic carbocycles. The minimum Gasteiger partial charge on any atom is -0.321 e. The molecule has 1 atom stereocenters. The molecule has 2 heteroatoms. The fraction of sp³-hybridized carbons (Fsp3) is 0.0625. The number of aliphatic imine (C=N–C) groups is 1. The summed E-state index contributed by atoms with van der Waals surface area (Å²) in [6.45, 7) is 0. The third kappa shape index (κ3) is 3.68. The summed E-state index contributed by atoms with van der Waals surface area (Å²) in [5.41, 5.74) is 8.18. The first-order chi connectivity index (χ1) is 8.86. The lowest BCUT2D eigenvalue weighted by atomic mass is 10.1. The number of nitrogens with zero attached hydrogens (tertiary/aromatic N) is 1. The van der Waals surface area contributed by atoms with Crippen molar-refractivity contribution in [3.05, 3.63) is 84.1 Å². The highest BCUT2D eigenvalue weighted by Gasteiger charge is 1.98. The van der Waals surface area contributed by atoms with Crippen molar-refractivity contribution in [2.75, 3.05) is 0 Å². The van der Waals surface area contributed by atoms with Crippen LogP contribution in [0.2, 0.25) is 0 Å². The number of benzene rings is 2. The molecule has 0 aliphatic rings.